The molecule has 0 N–H and O–H groups in total. The van der Waals surface area contributed by atoms with Gasteiger partial charge in [-0.2, -0.15) is 0 Å². The van der Waals surface area contributed by atoms with Crippen LogP contribution in [0.3, 0.4) is 0 Å². The second-order valence-electron chi connectivity index (χ2n) is 5.07. The Hall–Kier alpha value is -0.520. The van der Waals surface area contributed by atoms with Crippen molar-refractivity contribution >= 4 is 15.9 Å². The zero-order valence-electron chi connectivity index (χ0n) is 11.1. The molecule has 0 aromatic heterocycles. The first-order valence-corrected chi connectivity index (χ1v) is 7.40. The Morgan fingerprint density at radius 3 is 2.53 bits per heavy atom. The topological polar surface area (TPSA) is 6.48 Å². The lowest BCUT2D eigenvalue weighted by atomic mass is 10.1. The van der Waals surface area contributed by atoms with E-state index in [4.69, 9.17) is 0 Å². The van der Waals surface area contributed by atoms with Gasteiger partial charge in [-0.25, -0.2) is 8.78 Å². The summed E-state index contributed by atoms with van der Waals surface area (Å²) in [5.74, 6) is -0.905. The number of likely N-dealkylation sites (N-methyl/N-ethyl adjacent to an activating group) is 1. The Kier molecular flexibility index (Phi) is 5.30. The molecule has 1 aliphatic heterocycles. The quantitative estimate of drug-likeness (QED) is 0.782. The van der Waals surface area contributed by atoms with E-state index in [1.807, 2.05) is 0 Å². The highest BCUT2D eigenvalue weighted by molar-refractivity contribution is 9.10. The predicted octanol–water partition coefficient (Wildman–Crippen LogP) is 2.91. The zero-order valence-corrected chi connectivity index (χ0v) is 12.7. The molecule has 0 spiro atoms. The first-order chi connectivity index (χ1) is 9.08. The Labute approximate surface area is 121 Å². The highest BCUT2D eigenvalue weighted by atomic mass is 79.9. The number of halogens is 3. The highest BCUT2D eigenvalue weighted by Crippen LogP contribution is 2.22. The third-order valence-corrected chi connectivity index (χ3v) is 4.25. The fourth-order valence-electron chi connectivity index (χ4n) is 2.35. The van der Waals surface area contributed by atoms with Crippen LogP contribution in [0.4, 0.5) is 8.78 Å². The SMILES string of the molecule is CN1CCN(CCCc2c(F)ccc(Br)c2F)CC1. The molecule has 0 unspecified atom stereocenters. The van der Waals surface area contributed by atoms with Crippen molar-refractivity contribution in [3.8, 4) is 0 Å². The van der Waals surface area contributed by atoms with Crippen LogP contribution in [-0.4, -0.2) is 49.6 Å². The summed E-state index contributed by atoms with van der Waals surface area (Å²) in [7, 11) is 2.11. The second-order valence-corrected chi connectivity index (χ2v) is 5.92. The minimum Gasteiger partial charge on any atom is -0.304 e. The lowest BCUT2D eigenvalue weighted by Gasteiger charge is -2.32. The lowest BCUT2D eigenvalue weighted by Crippen LogP contribution is -2.44. The zero-order chi connectivity index (χ0) is 13.8. The van der Waals surface area contributed by atoms with E-state index in [1.54, 1.807) is 0 Å². The Morgan fingerprint density at radius 2 is 1.84 bits per heavy atom. The van der Waals surface area contributed by atoms with Crippen molar-refractivity contribution in [2.24, 2.45) is 0 Å². The highest BCUT2D eigenvalue weighted by Gasteiger charge is 2.15. The van der Waals surface area contributed by atoms with Crippen molar-refractivity contribution in [1.82, 2.24) is 9.80 Å². The van der Waals surface area contributed by atoms with Gasteiger partial charge in [-0.15, -0.1) is 0 Å². The van der Waals surface area contributed by atoms with Gasteiger partial charge in [0.2, 0.25) is 0 Å². The van der Waals surface area contributed by atoms with E-state index in [0.717, 1.165) is 39.1 Å². The van der Waals surface area contributed by atoms with Gasteiger partial charge in [0, 0.05) is 31.7 Å². The molecule has 0 bridgehead atoms. The molecule has 19 heavy (non-hydrogen) atoms. The minimum atomic E-state index is -0.460. The Morgan fingerprint density at radius 1 is 1.16 bits per heavy atom. The minimum absolute atomic E-state index is 0.198. The third-order valence-electron chi connectivity index (χ3n) is 3.64. The van der Waals surface area contributed by atoms with E-state index >= 15 is 0 Å². The van der Waals surface area contributed by atoms with Crippen LogP contribution in [0.25, 0.3) is 0 Å². The van der Waals surface area contributed by atoms with Crippen molar-refractivity contribution in [1.29, 1.82) is 0 Å². The Balaban J connectivity index is 1.84. The molecule has 1 aromatic carbocycles. The molecule has 2 nitrogen and oxygen atoms in total. The number of piperazine rings is 1. The van der Waals surface area contributed by atoms with Crippen LogP contribution >= 0.6 is 15.9 Å². The van der Waals surface area contributed by atoms with E-state index in [0.29, 0.717) is 10.9 Å². The maximum atomic E-state index is 13.8. The van der Waals surface area contributed by atoms with Crippen LogP contribution in [0.1, 0.15) is 12.0 Å². The Bertz CT molecular complexity index is 432. The monoisotopic (exact) mass is 332 g/mol. The van der Waals surface area contributed by atoms with Crippen LogP contribution in [0.15, 0.2) is 16.6 Å². The summed E-state index contributed by atoms with van der Waals surface area (Å²) in [5, 5.41) is 0. The third kappa shape index (κ3) is 3.97. The molecule has 1 saturated heterocycles. The van der Waals surface area contributed by atoms with Crippen molar-refractivity contribution in [3.05, 3.63) is 33.8 Å². The van der Waals surface area contributed by atoms with Crippen LogP contribution < -0.4 is 0 Å². The summed E-state index contributed by atoms with van der Waals surface area (Å²) in [5.41, 5.74) is 0.198. The molecule has 0 amide bonds. The molecular formula is C14H19BrF2N2. The van der Waals surface area contributed by atoms with Gasteiger partial charge >= 0.3 is 0 Å². The summed E-state index contributed by atoms with van der Waals surface area (Å²) < 4.78 is 27.7. The number of hydrogen-bond donors (Lipinski definition) is 0. The smallest absolute Gasteiger partial charge is 0.143 e. The predicted molar refractivity (Wildman–Crippen MR) is 76.3 cm³/mol. The van der Waals surface area contributed by atoms with Crippen molar-refractivity contribution in [2.75, 3.05) is 39.8 Å². The average molecular weight is 333 g/mol. The molecule has 0 radical (unpaired) electrons. The number of nitrogens with zero attached hydrogens (tertiary/aromatic N) is 2. The first-order valence-electron chi connectivity index (χ1n) is 6.61. The van der Waals surface area contributed by atoms with Crippen molar-refractivity contribution in [2.45, 2.75) is 12.8 Å². The van der Waals surface area contributed by atoms with Crippen LogP contribution in [0.5, 0.6) is 0 Å². The van der Waals surface area contributed by atoms with E-state index in [9.17, 15) is 8.78 Å². The van der Waals surface area contributed by atoms with E-state index in [1.165, 1.54) is 12.1 Å². The van der Waals surface area contributed by atoms with Gasteiger partial charge in [0.1, 0.15) is 11.6 Å². The molecule has 5 heteroatoms. The van der Waals surface area contributed by atoms with Gasteiger partial charge in [-0.1, -0.05) is 0 Å². The van der Waals surface area contributed by atoms with Gasteiger partial charge in [0.25, 0.3) is 0 Å². The normalized spacial score (nSPS) is 17.9. The lowest BCUT2D eigenvalue weighted by molar-refractivity contribution is 0.153. The summed E-state index contributed by atoms with van der Waals surface area (Å²) in [6.45, 7) is 5.12. The molecular weight excluding hydrogens is 314 g/mol. The summed E-state index contributed by atoms with van der Waals surface area (Å²) in [4.78, 5) is 4.65. The molecule has 0 saturated carbocycles. The maximum absolute atomic E-state index is 13.8. The largest absolute Gasteiger partial charge is 0.304 e. The first kappa shape index (κ1) is 14.9. The molecule has 1 aromatic rings. The molecule has 1 heterocycles. The van der Waals surface area contributed by atoms with Crippen LogP contribution in [0, 0.1) is 11.6 Å². The number of hydrogen-bond acceptors (Lipinski definition) is 2. The molecule has 106 valence electrons. The molecule has 1 fully saturated rings. The second kappa shape index (κ2) is 6.77. The van der Waals surface area contributed by atoms with Gasteiger partial charge in [0.15, 0.2) is 0 Å². The van der Waals surface area contributed by atoms with Gasteiger partial charge in [-0.05, 0) is 54.5 Å². The van der Waals surface area contributed by atoms with Crippen LogP contribution in [0.2, 0.25) is 0 Å². The van der Waals surface area contributed by atoms with Gasteiger partial charge in [-0.3, -0.25) is 0 Å². The van der Waals surface area contributed by atoms with Crippen LogP contribution in [-0.2, 0) is 6.42 Å². The standard InChI is InChI=1S/C14H19BrF2N2/c1-18-7-9-19(10-8-18)6-2-3-11-13(16)5-4-12(15)14(11)17/h4-5H,2-3,6-10H2,1H3. The average Bonchev–Trinajstić information content (AvgIpc) is 2.40. The molecule has 0 atom stereocenters. The van der Waals surface area contributed by atoms with Crippen molar-refractivity contribution in [3.63, 3.8) is 0 Å². The fraction of sp³-hybridized carbons (Fsp3) is 0.571. The fourth-order valence-corrected chi connectivity index (χ4v) is 2.72. The van der Waals surface area contributed by atoms with Gasteiger partial charge < -0.3 is 9.80 Å². The molecule has 0 aliphatic carbocycles. The molecule has 1 aliphatic rings. The van der Waals surface area contributed by atoms with Gasteiger partial charge in [0.05, 0.1) is 4.47 Å². The molecule has 2 rings (SSSR count). The number of rotatable bonds is 4. The van der Waals surface area contributed by atoms with E-state index in [-0.39, 0.29) is 5.56 Å². The summed E-state index contributed by atoms with van der Waals surface area (Å²) in [6, 6.07) is 2.73. The number of benzene rings is 1. The van der Waals surface area contributed by atoms with E-state index in [2.05, 4.69) is 32.8 Å². The summed E-state index contributed by atoms with van der Waals surface area (Å²) in [6.07, 6.45) is 1.23. The summed E-state index contributed by atoms with van der Waals surface area (Å²) >= 11 is 3.10. The van der Waals surface area contributed by atoms with Crippen molar-refractivity contribution < 1.29 is 8.78 Å². The maximum Gasteiger partial charge on any atom is 0.143 e. The van der Waals surface area contributed by atoms with E-state index < -0.39 is 11.6 Å².